The fourth-order valence-corrected chi connectivity index (χ4v) is 4.38. The topological polar surface area (TPSA) is 34.1 Å². The highest BCUT2D eigenvalue weighted by atomic mass is 33.1. The van der Waals surface area contributed by atoms with E-state index in [1.165, 1.54) is 77.0 Å². The van der Waals surface area contributed by atoms with Crippen molar-refractivity contribution in [2.24, 2.45) is 0 Å². The second kappa shape index (κ2) is 12.7. The molecule has 0 radical (unpaired) electrons. The number of quaternary nitrogens is 1. The maximum absolute atomic E-state index is 10.9. The molecule has 0 aliphatic heterocycles. The summed E-state index contributed by atoms with van der Waals surface area (Å²) in [7, 11) is 5.05. The third-order valence-electron chi connectivity index (χ3n) is 3.77. The number of hydrogen-bond acceptors (Lipinski definition) is 3. The molecule has 0 aromatic heterocycles. The van der Waals surface area contributed by atoms with Gasteiger partial charge >= 0.3 is 0 Å². The highest BCUT2D eigenvalue weighted by Gasteiger charge is 2.05. The minimum absolute atomic E-state index is 0.756. The van der Waals surface area contributed by atoms with Gasteiger partial charge in [0.25, 0.3) is 0 Å². The zero-order chi connectivity index (χ0) is 16.9. The molecule has 0 amide bonds. The van der Waals surface area contributed by atoms with Crippen LogP contribution in [0.2, 0.25) is 0 Å². The van der Waals surface area contributed by atoms with E-state index >= 15 is 0 Å². The third kappa shape index (κ3) is 20.3. The van der Waals surface area contributed by atoms with Crippen LogP contribution >= 0.6 is 10.8 Å². The molecule has 0 aliphatic rings. The van der Waals surface area contributed by atoms with Crippen molar-refractivity contribution in [3.63, 3.8) is 0 Å². The van der Waals surface area contributed by atoms with Crippen molar-refractivity contribution in [2.45, 2.75) is 70.6 Å². The first-order valence-electron chi connectivity index (χ1n) is 8.85. The molecule has 0 fully saturated rings. The second-order valence-electron chi connectivity index (χ2n) is 7.43. The Balaban J connectivity index is 3.12. The van der Waals surface area contributed by atoms with Crippen LogP contribution in [0, 0.1) is 0 Å². The second-order valence-corrected chi connectivity index (χ2v) is 12.0. The van der Waals surface area contributed by atoms with Crippen LogP contribution < -0.4 is 0 Å². The van der Waals surface area contributed by atoms with Gasteiger partial charge in [0.05, 0.1) is 27.7 Å². The van der Waals surface area contributed by atoms with Crippen molar-refractivity contribution in [2.75, 3.05) is 39.7 Å². The number of rotatable bonds is 15. The Hall–Kier alpha value is 0.260. The van der Waals surface area contributed by atoms with Crippen molar-refractivity contribution in [3.8, 4) is 0 Å². The fraction of sp³-hybridized carbons (Fsp3) is 1.00. The average Bonchev–Trinajstić information content (AvgIpc) is 2.36. The molecule has 0 N–H and O–H groups in total. The molecule has 0 aliphatic carbocycles. The molecule has 0 aromatic rings. The molecule has 22 heavy (non-hydrogen) atoms. The molecular weight excluding hydrogens is 314 g/mol. The smallest absolute Gasteiger partial charge is 0.198 e. The van der Waals surface area contributed by atoms with Crippen molar-refractivity contribution in [1.29, 1.82) is 0 Å². The van der Waals surface area contributed by atoms with Crippen molar-refractivity contribution >= 4 is 19.7 Å². The van der Waals surface area contributed by atoms with E-state index in [-0.39, 0.29) is 0 Å². The van der Waals surface area contributed by atoms with Crippen LogP contribution in [0.5, 0.6) is 0 Å². The summed E-state index contributed by atoms with van der Waals surface area (Å²) in [5.41, 5.74) is 0. The van der Waals surface area contributed by atoms with Gasteiger partial charge in [-0.15, -0.1) is 0 Å². The van der Waals surface area contributed by atoms with Gasteiger partial charge in [-0.25, -0.2) is 8.42 Å². The first-order valence-corrected chi connectivity index (χ1v) is 12.2. The Morgan fingerprint density at radius 3 is 1.41 bits per heavy atom. The Labute approximate surface area is 143 Å². The average molecular weight is 353 g/mol. The first kappa shape index (κ1) is 22.3. The van der Waals surface area contributed by atoms with Crippen LogP contribution in [0.3, 0.4) is 0 Å². The summed E-state index contributed by atoms with van der Waals surface area (Å²) in [6.07, 6.45) is 15.7. The third-order valence-corrected chi connectivity index (χ3v) is 6.44. The quantitative estimate of drug-likeness (QED) is 0.244. The number of hydrogen-bond donors (Lipinski definition) is 0. The van der Waals surface area contributed by atoms with Gasteiger partial charge in [-0.3, -0.25) is 0 Å². The zero-order valence-electron chi connectivity index (χ0n) is 15.3. The van der Waals surface area contributed by atoms with E-state index in [1.807, 2.05) is 0 Å². The summed E-state index contributed by atoms with van der Waals surface area (Å²) in [6, 6.07) is 0. The minimum atomic E-state index is -2.83. The SMILES string of the molecule is C[N+](C)(C)CCCCCCCCCCCCCSS(C)(=O)=O. The maximum atomic E-state index is 10.9. The van der Waals surface area contributed by atoms with E-state index in [9.17, 15) is 8.42 Å². The molecule has 0 bridgehead atoms. The Morgan fingerprint density at radius 2 is 1.05 bits per heavy atom. The summed E-state index contributed by atoms with van der Waals surface area (Å²) in [4.78, 5) is 0. The largest absolute Gasteiger partial charge is 0.331 e. The molecule has 0 atom stereocenters. The molecule has 0 heterocycles. The van der Waals surface area contributed by atoms with Crippen LogP contribution in [0.25, 0.3) is 0 Å². The van der Waals surface area contributed by atoms with E-state index in [1.54, 1.807) is 0 Å². The Morgan fingerprint density at radius 1 is 0.682 bits per heavy atom. The summed E-state index contributed by atoms with van der Waals surface area (Å²) >= 11 is 0. The molecule has 0 unspecified atom stereocenters. The Kier molecular flexibility index (Phi) is 12.8. The van der Waals surface area contributed by atoms with Gasteiger partial charge in [-0.2, -0.15) is 0 Å². The molecule has 0 rings (SSSR count). The summed E-state index contributed by atoms with van der Waals surface area (Å²) in [6.45, 7) is 1.29. The van der Waals surface area contributed by atoms with Crippen LogP contribution in [-0.4, -0.2) is 52.6 Å². The van der Waals surface area contributed by atoms with Crippen LogP contribution in [0.4, 0.5) is 0 Å². The van der Waals surface area contributed by atoms with Crippen LogP contribution in [0.1, 0.15) is 70.6 Å². The van der Waals surface area contributed by atoms with Gasteiger partial charge in [0.2, 0.25) is 0 Å². The molecule has 5 heteroatoms. The first-order chi connectivity index (χ1) is 10.2. The normalized spacial score (nSPS) is 12.7. The van der Waals surface area contributed by atoms with Crippen molar-refractivity contribution < 1.29 is 12.9 Å². The highest BCUT2D eigenvalue weighted by Crippen LogP contribution is 2.15. The molecule has 0 saturated carbocycles. The van der Waals surface area contributed by atoms with Gasteiger partial charge in [0.1, 0.15) is 0 Å². The lowest BCUT2D eigenvalue weighted by molar-refractivity contribution is -0.870. The van der Waals surface area contributed by atoms with Gasteiger partial charge in [-0.05, 0) is 30.1 Å². The molecule has 0 spiro atoms. The van der Waals surface area contributed by atoms with E-state index in [0.29, 0.717) is 0 Å². The lowest BCUT2D eigenvalue weighted by atomic mass is 10.1. The maximum Gasteiger partial charge on any atom is 0.198 e. The summed E-state index contributed by atoms with van der Waals surface area (Å²) in [5.74, 6) is 0.756. The molecule has 3 nitrogen and oxygen atoms in total. The predicted octanol–water partition coefficient (Wildman–Crippen LogP) is 4.68. The molecule has 0 aromatic carbocycles. The number of nitrogens with zero attached hydrogens (tertiary/aromatic N) is 1. The highest BCUT2D eigenvalue weighted by molar-refractivity contribution is 8.71. The summed E-state index contributed by atoms with van der Waals surface area (Å²) in [5, 5.41) is 0. The van der Waals surface area contributed by atoms with E-state index < -0.39 is 8.87 Å². The molecule has 0 saturated heterocycles. The standard InChI is InChI=1S/C17H38NO2S2/c1-18(2,3)16-14-12-10-8-6-5-7-9-11-13-15-17-21-22(4,19)20/h5-17H2,1-4H3/q+1. The Bertz CT molecular complexity index is 348. The lowest BCUT2D eigenvalue weighted by Gasteiger charge is -2.23. The fourth-order valence-electron chi connectivity index (χ4n) is 2.49. The van der Waals surface area contributed by atoms with Crippen molar-refractivity contribution in [1.82, 2.24) is 0 Å². The van der Waals surface area contributed by atoms with Crippen LogP contribution in [0.15, 0.2) is 0 Å². The lowest BCUT2D eigenvalue weighted by Crippen LogP contribution is -2.35. The van der Waals surface area contributed by atoms with Gasteiger partial charge in [0.15, 0.2) is 8.87 Å². The molecular formula is C17H38NO2S2+. The molecule has 134 valence electrons. The number of unbranched alkanes of at least 4 members (excludes halogenated alkanes) is 10. The monoisotopic (exact) mass is 352 g/mol. The minimum Gasteiger partial charge on any atom is -0.331 e. The zero-order valence-corrected chi connectivity index (χ0v) is 16.9. The summed E-state index contributed by atoms with van der Waals surface area (Å²) < 4.78 is 23.0. The van der Waals surface area contributed by atoms with Gasteiger partial charge in [-0.1, -0.05) is 51.4 Å². The van der Waals surface area contributed by atoms with Gasteiger partial charge < -0.3 is 4.48 Å². The van der Waals surface area contributed by atoms with Crippen molar-refractivity contribution in [3.05, 3.63) is 0 Å². The van der Waals surface area contributed by atoms with E-state index in [4.69, 9.17) is 0 Å². The predicted molar refractivity (Wildman–Crippen MR) is 101 cm³/mol. The van der Waals surface area contributed by atoms with Crippen LogP contribution in [-0.2, 0) is 8.87 Å². The van der Waals surface area contributed by atoms with E-state index in [0.717, 1.165) is 27.5 Å². The van der Waals surface area contributed by atoms with Gasteiger partial charge in [0, 0.05) is 12.0 Å². The van der Waals surface area contributed by atoms with E-state index in [2.05, 4.69) is 21.1 Å².